The van der Waals surface area contributed by atoms with E-state index in [9.17, 15) is 28.8 Å². The zero-order valence-corrected chi connectivity index (χ0v) is 27.7. The maximum atomic E-state index is 13.6. The number of ether oxygens (including phenoxy) is 1. The van der Waals surface area contributed by atoms with Crippen LogP contribution < -0.4 is 21.7 Å². The van der Waals surface area contributed by atoms with Gasteiger partial charge in [-0.25, -0.2) is 0 Å². The minimum atomic E-state index is -1.20. The molecule has 0 radical (unpaired) electrons. The molecule has 1 aliphatic heterocycles. The zero-order valence-electron chi connectivity index (χ0n) is 27.7. The summed E-state index contributed by atoms with van der Waals surface area (Å²) < 4.78 is 5.37. The number of esters is 1. The van der Waals surface area contributed by atoms with Gasteiger partial charge in [-0.1, -0.05) is 47.0 Å². The summed E-state index contributed by atoms with van der Waals surface area (Å²) in [6.45, 7) is 13.0. The van der Waals surface area contributed by atoms with Crippen molar-refractivity contribution in [3.63, 3.8) is 0 Å². The fourth-order valence-electron chi connectivity index (χ4n) is 5.87. The topological polar surface area (TPSA) is 177 Å². The highest BCUT2D eigenvalue weighted by Crippen LogP contribution is 2.29. The molecule has 2 fully saturated rings. The molecule has 12 nitrogen and oxygen atoms in total. The molecule has 0 unspecified atom stereocenters. The molecule has 0 aromatic heterocycles. The Kier molecular flexibility index (Phi) is 14.1. The monoisotopic (exact) mass is 621 g/mol. The summed E-state index contributed by atoms with van der Waals surface area (Å²) in [5.74, 6) is -3.27. The Bertz CT molecular complexity index is 1030. The van der Waals surface area contributed by atoms with Crippen molar-refractivity contribution in [2.24, 2.45) is 23.5 Å². The molecule has 0 bridgehead atoms. The summed E-state index contributed by atoms with van der Waals surface area (Å²) in [7, 11) is 0. The van der Waals surface area contributed by atoms with Gasteiger partial charge >= 0.3 is 5.97 Å². The van der Waals surface area contributed by atoms with E-state index < -0.39 is 59.4 Å². The average molecular weight is 622 g/mol. The number of amides is 5. The summed E-state index contributed by atoms with van der Waals surface area (Å²) in [6.07, 6.45) is 6.07. The molecule has 250 valence electrons. The quantitative estimate of drug-likeness (QED) is 0.215. The van der Waals surface area contributed by atoms with Crippen molar-refractivity contribution in [1.82, 2.24) is 20.9 Å². The third kappa shape index (κ3) is 11.7. The molecule has 0 aromatic carbocycles. The fourth-order valence-corrected chi connectivity index (χ4v) is 5.87. The zero-order chi connectivity index (χ0) is 33.2. The van der Waals surface area contributed by atoms with Gasteiger partial charge in [0, 0.05) is 18.9 Å². The van der Waals surface area contributed by atoms with Crippen LogP contribution in [0, 0.1) is 17.8 Å². The van der Waals surface area contributed by atoms with Gasteiger partial charge in [-0.2, -0.15) is 0 Å². The van der Waals surface area contributed by atoms with Crippen molar-refractivity contribution < 1.29 is 33.5 Å². The number of primary amides is 1. The van der Waals surface area contributed by atoms with Gasteiger partial charge in [0.1, 0.15) is 29.8 Å². The Hall–Kier alpha value is -3.18. The van der Waals surface area contributed by atoms with Crippen LogP contribution in [0.15, 0.2) is 0 Å². The van der Waals surface area contributed by atoms with E-state index in [1.165, 1.54) is 0 Å². The van der Waals surface area contributed by atoms with Gasteiger partial charge in [-0.15, -0.1) is 0 Å². The molecule has 44 heavy (non-hydrogen) atoms. The highest BCUT2D eigenvalue weighted by atomic mass is 16.6. The van der Waals surface area contributed by atoms with Crippen LogP contribution in [0.2, 0.25) is 0 Å². The van der Waals surface area contributed by atoms with E-state index in [0.717, 1.165) is 32.1 Å². The summed E-state index contributed by atoms with van der Waals surface area (Å²) >= 11 is 0. The van der Waals surface area contributed by atoms with Gasteiger partial charge in [0.15, 0.2) is 0 Å². The van der Waals surface area contributed by atoms with Crippen molar-refractivity contribution in [2.75, 3.05) is 6.54 Å². The molecule has 1 saturated carbocycles. The first kappa shape index (κ1) is 37.0. The minimum absolute atomic E-state index is 0.0141. The Morgan fingerprint density at radius 2 is 1.45 bits per heavy atom. The first-order valence-corrected chi connectivity index (χ1v) is 16.2. The number of nitrogens with two attached hydrogens (primary N) is 1. The van der Waals surface area contributed by atoms with Crippen LogP contribution in [0.3, 0.4) is 0 Å². The lowest BCUT2D eigenvalue weighted by molar-refractivity contribution is -0.155. The lowest BCUT2D eigenvalue weighted by atomic mass is 9.88. The van der Waals surface area contributed by atoms with Crippen LogP contribution in [0.5, 0.6) is 0 Å². The van der Waals surface area contributed by atoms with E-state index >= 15 is 0 Å². The predicted octanol–water partition coefficient (Wildman–Crippen LogP) is 2.32. The van der Waals surface area contributed by atoms with E-state index in [4.69, 9.17) is 10.5 Å². The molecule has 12 heteroatoms. The van der Waals surface area contributed by atoms with Crippen molar-refractivity contribution in [3.05, 3.63) is 0 Å². The summed E-state index contributed by atoms with van der Waals surface area (Å²) in [4.78, 5) is 79.9. The predicted molar refractivity (Wildman–Crippen MR) is 166 cm³/mol. The van der Waals surface area contributed by atoms with Gasteiger partial charge < -0.3 is 31.3 Å². The van der Waals surface area contributed by atoms with E-state index in [1.54, 1.807) is 39.5 Å². The summed E-state index contributed by atoms with van der Waals surface area (Å²) in [5.41, 5.74) is 4.76. The maximum absolute atomic E-state index is 13.6. The van der Waals surface area contributed by atoms with Crippen molar-refractivity contribution in [1.29, 1.82) is 0 Å². The third-order valence-electron chi connectivity index (χ3n) is 8.09. The van der Waals surface area contributed by atoms with E-state index in [-0.39, 0.29) is 42.9 Å². The van der Waals surface area contributed by atoms with E-state index in [2.05, 4.69) is 16.0 Å². The van der Waals surface area contributed by atoms with Gasteiger partial charge in [-0.05, 0) is 71.1 Å². The number of nitrogens with one attached hydrogen (secondary N) is 3. The van der Waals surface area contributed by atoms with Crippen molar-refractivity contribution in [2.45, 2.75) is 142 Å². The van der Waals surface area contributed by atoms with Gasteiger partial charge in [-0.3, -0.25) is 28.8 Å². The normalized spacial score (nSPS) is 19.7. The number of hydrogen-bond acceptors (Lipinski definition) is 7. The molecule has 1 heterocycles. The van der Waals surface area contributed by atoms with Crippen LogP contribution in [0.4, 0.5) is 0 Å². The maximum Gasteiger partial charge on any atom is 0.306 e. The Balaban J connectivity index is 2.20. The van der Waals surface area contributed by atoms with Crippen molar-refractivity contribution in [3.8, 4) is 0 Å². The minimum Gasteiger partial charge on any atom is -0.460 e. The Labute approximate surface area is 262 Å². The Morgan fingerprint density at radius 3 is 2.00 bits per heavy atom. The van der Waals surface area contributed by atoms with Gasteiger partial charge in [0.2, 0.25) is 29.5 Å². The lowest BCUT2D eigenvalue weighted by Gasteiger charge is -2.31. The number of nitrogens with zero attached hydrogens (tertiary/aromatic N) is 1. The number of rotatable bonds is 14. The van der Waals surface area contributed by atoms with Crippen LogP contribution in [0.1, 0.15) is 113 Å². The molecule has 2 aliphatic rings. The number of carbonyl (C=O) groups excluding carboxylic acids is 6. The number of hydrogen-bond donors (Lipinski definition) is 4. The van der Waals surface area contributed by atoms with Crippen LogP contribution in [-0.4, -0.2) is 76.7 Å². The van der Waals surface area contributed by atoms with Gasteiger partial charge in [0.25, 0.3) is 0 Å². The van der Waals surface area contributed by atoms with Crippen LogP contribution in [-0.2, 0) is 33.5 Å². The summed E-state index contributed by atoms with van der Waals surface area (Å²) in [6, 6.07) is -3.81. The molecule has 1 aliphatic carbocycles. The van der Waals surface area contributed by atoms with E-state index in [1.807, 2.05) is 13.8 Å². The number of likely N-dealkylation sites (tertiary alicyclic amines) is 1. The molecular weight excluding hydrogens is 566 g/mol. The second kappa shape index (κ2) is 16.8. The second-order valence-electron chi connectivity index (χ2n) is 14.0. The smallest absolute Gasteiger partial charge is 0.306 e. The average Bonchev–Trinajstić information content (AvgIpc) is 3.42. The SMILES string of the molecule is CC(C)C[C@H](NC(=O)[C@@H]1CCCN1C(=O)C1CCCCC1)C(=O)N[C@@H](CCC(=O)OC(C)(C)C)C(=O)N[C@H](C(N)=O)C(C)C. The largest absolute Gasteiger partial charge is 0.460 e. The highest BCUT2D eigenvalue weighted by Gasteiger charge is 2.39. The molecule has 5 N–H and O–H groups in total. The molecule has 0 spiro atoms. The Morgan fingerprint density at radius 1 is 0.841 bits per heavy atom. The molecule has 2 rings (SSSR count). The first-order chi connectivity index (χ1) is 20.5. The van der Waals surface area contributed by atoms with E-state index in [0.29, 0.717) is 19.4 Å². The standard InChI is InChI=1S/C32H55N5O7/c1-19(2)18-23(35-30(42)24-14-11-17-37(24)31(43)21-12-9-8-10-13-21)29(41)34-22(15-16-25(38)44-32(5,6)7)28(40)36-26(20(3)4)27(33)39/h19-24,26H,8-18H2,1-7H3,(H2,33,39)(H,34,41)(H,35,42)(H,36,40)/t22-,23-,24-,26-/m0/s1. The molecule has 5 amide bonds. The molecular formula is C32H55N5O7. The second-order valence-corrected chi connectivity index (χ2v) is 14.0. The molecule has 0 aromatic rings. The highest BCUT2D eigenvalue weighted by molar-refractivity contribution is 5.96. The van der Waals surface area contributed by atoms with Crippen LogP contribution in [0.25, 0.3) is 0 Å². The first-order valence-electron chi connectivity index (χ1n) is 16.2. The van der Waals surface area contributed by atoms with Gasteiger partial charge in [0.05, 0.1) is 0 Å². The lowest BCUT2D eigenvalue weighted by Crippen LogP contribution is -2.58. The summed E-state index contributed by atoms with van der Waals surface area (Å²) in [5, 5.41) is 8.15. The molecule has 4 atom stereocenters. The number of carbonyl (C=O) groups is 6. The van der Waals surface area contributed by atoms with Crippen molar-refractivity contribution >= 4 is 35.5 Å². The van der Waals surface area contributed by atoms with Crippen LogP contribution >= 0.6 is 0 Å². The fraction of sp³-hybridized carbons (Fsp3) is 0.812. The third-order valence-corrected chi connectivity index (χ3v) is 8.09. The molecule has 1 saturated heterocycles.